The van der Waals surface area contributed by atoms with E-state index in [0.29, 0.717) is 30.6 Å². The fourth-order valence-corrected chi connectivity index (χ4v) is 6.99. The molecule has 0 aromatic carbocycles. The quantitative estimate of drug-likeness (QED) is 0.662. The Morgan fingerprint density at radius 3 is 2.65 bits per heavy atom. The molecule has 0 aromatic heterocycles. The molecule has 130 valence electrons. The van der Waals surface area contributed by atoms with Gasteiger partial charge in [-0.3, -0.25) is 0 Å². The Morgan fingerprint density at radius 2 is 1.91 bits per heavy atom. The average Bonchev–Trinajstić information content (AvgIpc) is 2.79. The smallest absolute Gasteiger partial charge is 0.130 e. The summed E-state index contributed by atoms with van der Waals surface area (Å²) in [5, 5.41) is 21.3. The van der Waals surface area contributed by atoms with E-state index in [4.69, 9.17) is 0 Å². The molecule has 2 N–H and O–H groups in total. The molecule has 23 heavy (non-hydrogen) atoms. The van der Waals surface area contributed by atoms with E-state index in [0.717, 1.165) is 25.7 Å². The van der Waals surface area contributed by atoms with Gasteiger partial charge >= 0.3 is 0 Å². The molecule has 3 saturated carbocycles. The summed E-state index contributed by atoms with van der Waals surface area (Å²) in [6.07, 6.45) is 6.09. The summed E-state index contributed by atoms with van der Waals surface area (Å²) in [5.41, 5.74) is 0.00917. The van der Waals surface area contributed by atoms with E-state index in [1.807, 2.05) is 0 Å². The van der Waals surface area contributed by atoms with Crippen LogP contribution in [0.3, 0.4) is 0 Å². The van der Waals surface area contributed by atoms with Gasteiger partial charge in [0, 0.05) is 11.8 Å². The van der Waals surface area contributed by atoms with Crippen LogP contribution in [-0.4, -0.2) is 28.1 Å². The van der Waals surface area contributed by atoms with Crippen LogP contribution >= 0.6 is 0 Å². The number of halogens is 1. The summed E-state index contributed by atoms with van der Waals surface area (Å²) in [4.78, 5) is 0. The molecule has 0 bridgehead atoms. The number of alkyl halides is 1. The second kappa shape index (κ2) is 4.82. The molecular weight excluding hydrogens is 291 g/mol. The number of fused-ring (bicyclic) bond motifs is 5. The topological polar surface area (TPSA) is 40.5 Å². The number of allylic oxidation sites excluding steroid dienone is 2. The molecule has 0 spiro atoms. The summed E-state index contributed by atoms with van der Waals surface area (Å²) in [6, 6.07) is 0. The number of hydrogen-bond acceptors (Lipinski definition) is 2. The van der Waals surface area contributed by atoms with E-state index < -0.39 is 17.9 Å². The fraction of sp³-hybridized carbons (Fsp3) is 0.900. The monoisotopic (exact) mass is 322 g/mol. The van der Waals surface area contributed by atoms with E-state index in [9.17, 15) is 10.2 Å². The lowest BCUT2D eigenvalue weighted by molar-refractivity contribution is -0.247. The summed E-state index contributed by atoms with van der Waals surface area (Å²) in [5.74, 6) is 1.30. The minimum absolute atomic E-state index is 0.215. The Labute approximate surface area is 139 Å². The summed E-state index contributed by atoms with van der Waals surface area (Å²) >= 11 is 0. The molecule has 8 atom stereocenters. The molecule has 2 nitrogen and oxygen atoms in total. The number of aliphatic hydroxyl groups is 2. The van der Waals surface area contributed by atoms with Crippen molar-refractivity contribution in [2.75, 3.05) is 0 Å². The second-order valence-electron chi connectivity index (χ2n) is 9.40. The van der Waals surface area contributed by atoms with Crippen LogP contribution in [0, 0.1) is 28.6 Å². The lowest BCUT2D eigenvalue weighted by Crippen LogP contribution is -2.67. The van der Waals surface area contributed by atoms with Crippen LogP contribution in [0.15, 0.2) is 11.6 Å². The first kappa shape index (κ1) is 16.1. The van der Waals surface area contributed by atoms with E-state index >= 15 is 4.39 Å². The minimum atomic E-state index is -1.33. The summed E-state index contributed by atoms with van der Waals surface area (Å²) in [6.45, 7) is 6.72. The highest BCUT2D eigenvalue weighted by atomic mass is 19.1. The summed E-state index contributed by atoms with van der Waals surface area (Å²) < 4.78 is 15.2. The van der Waals surface area contributed by atoms with E-state index in [1.165, 1.54) is 5.57 Å². The van der Waals surface area contributed by atoms with E-state index in [-0.39, 0.29) is 17.3 Å². The standard InChI is InChI=1S/C20H31FO2/c1-12-4-5-15-14-10-17(21)20(23)11-13(22)6-9-19(20,3)16(14)7-8-18(12,15)2/h4,13-17,22-23H,5-11H2,1-3H3. The zero-order valence-electron chi connectivity index (χ0n) is 14.7. The molecule has 0 heterocycles. The zero-order valence-corrected chi connectivity index (χ0v) is 14.7. The van der Waals surface area contributed by atoms with Crippen molar-refractivity contribution in [1.82, 2.24) is 0 Å². The second-order valence-corrected chi connectivity index (χ2v) is 9.40. The molecule has 0 radical (unpaired) electrons. The maximum atomic E-state index is 15.2. The Bertz CT molecular complexity index is 546. The van der Waals surface area contributed by atoms with Gasteiger partial charge in [-0.15, -0.1) is 0 Å². The molecule has 3 fully saturated rings. The first-order valence-corrected chi connectivity index (χ1v) is 9.44. The predicted molar refractivity (Wildman–Crippen MR) is 88.6 cm³/mol. The van der Waals surface area contributed by atoms with Gasteiger partial charge in [-0.1, -0.05) is 25.5 Å². The van der Waals surface area contributed by atoms with Crippen LogP contribution < -0.4 is 0 Å². The average molecular weight is 322 g/mol. The van der Waals surface area contributed by atoms with Gasteiger partial charge in [-0.05, 0) is 68.6 Å². The van der Waals surface area contributed by atoms with Gasteiger partial charge in [0.1, 0.15) is 11.8 Å². The van der Waals surface area contributed by atoms with Crippen molar-refractivity contribution in [2.24, 2.45) is 28.6 Å². The molecule has 4 aliphatic carbocycles. The van der Waals surface area contributed by atoms with Gasteiger partial charge in [-0.2, -0.15) is 0 Å². The lowest BCUT2D eigenvalue weighted by atomic mass is 9.43. The highest BCUT2D eigenvalue weighted by Gasteiger charge is 2.66. The van der Waals surface area contributed by atoms with E-state index in [2.05, 4.69) is 26.8 Å². The number of hydrogen-bond donors (Lipinski definition) is 2. The van der Waals surface area contributed by atoms with Crippen LogP contribution in [-0.2, 0) is 0 Å². The van der Waals surface area contributed by atoms with Gasteiger partial charge in [-0.25, -0.2) is 4.39 Å². The molecule has 0 aromatic rings. The number of aliphatic hydroxyl groups excluding tert-OH is 1. The highest BCUT2D eigenvalue weighted by molar-refractivity contribution is 5.25. The van der Waals surface area contributed by atoms with Gasteiger partial charge < -0.3 is 10.2 Å². The van der Waals surface area contributed by atoms with Crippen LogP contribution in [0.25, 0.3) is 0 Å². The van der Waals surface area contributed by atoms with Crippen molar-refractivity contribution in [3.63, 3.8) is 0 Å². The van der Waals surface area contributed by atoms with Crippen molar-refractivity contribution >= 4 is 0 Å². The maximum absolute atomic E-state index is 15.2. The fourth-order valence-electron chi connectivity index (χ4n) is 6.99. The van der Waals surface area contributed by atoms with Crippen molar-refractivity contribution in [2.45, 2.75) is 83.6 Å². The van der Waals surface area contributed by atoms with Crippen LogP contribution in [0.5, 0.6) is 0 Å². The van der Waals surface area contributed by atoms with Crippen LogP contribution in [0.2, 0.25) is 0 Å². The maximum Gasteiger partial charge on any atom is 0.130 e. The molecule has 8 unspecified atom stereocenters. The van der Waals surface area contributed by atoms with Crippen molar-refractivity contribution < 1.29 is 14.6 Å². The molecule has 0 amide bonds. The summed E-state index contributed by atoms with van der Waals surface area (Å²) in [7, 11) is 0. The van der Waals surface area contributed by atoms with Gasteiger partial charge in [0.25, 0.3) is 0 Å². The van der Waals surface area contributed by atoms with Crippen LogP contribution in [0.1, 0.15) is 65.7 Å². The molecular formula is C20H31FO2. The van der Waals surface area contributed by atoms with Crippen molar-refractivity contribution in [3.8, 4) is 0 Å². The highest BCUT2D eigenvalue weighted by Crippen LogP contribution is 2.67. The third-order valence-electron chi connectivity index (χ3n) is 8.75. The normalized spacial score (nSPS) is 58.9. The SMILES string of the molecule is CC1=CCC2C3CC(F)C4(O)CC(O)CCC4(C)C3CCC12C. The van der Waals surface area contributed by atoms with Crippen molar-refractivity contribution in [1.29, 1.82) is 0 Å². The Kier molecular flexibility index (Phi) is 3.37. The predicted octanol–water partition coefficient (Wildman–Crippen LogP) is 4.01. The molecule has 4 aliphatic rings. The Morgan fingerprint density at radius 1 is 1.17 bits per heavy atom. The third-order valence-corrected chi connectivity index (χ3v) is 8.75. The first-order valence-electron chi connectivity index (χ1n) is 9.44. The van der Waals surface area contributed by atoms with Gasteiger partial charge in [0.15, 0.2) is 0 Å². The Hall–Kier alpha value is -0.410. The van der Waals surface area contributed by atoms with Gasteiger partial charge in [0.2, 0.25) is 0 Å². The molecule has 4 rings (SSSR count). The lowest BCUT2D eigenvalue weighted by Gasteiger charge is -2.64. The first-order chi connectivity index (χ1) is 10.7. The van der Waals surface area contributed by atoms with Crippen molar-refractivity contribution in [3.05, 3.63) is 11.6 Å². The molecule has 3 heteroatoms. The van der Waals surface area contributed by atoms with E-state index in [1.54, 1.807) is 0 Å². The molecule has 0 saturated heterocycles. The molecule has 0 aliphatic heterocycles. The third kappa shape index (κ3) is 1.87. The Balaban J connectivity index is 1.72. The number of rotatable bonds is 0. The van der Waals surface area contributed by atoms with Crippen LogP contribution in [0.4, 0.5) is 4.39 Å². The largest absolute Gasteiger partial charge is 0.393 e. The van der Waals surface area contributed by atoms with Gasteiger partial charge in [0.05, 0.1) is 6.10 Å². The minimum Gasteiger partial charge on any atom is -0.393 e. The zero-order chi connectivity index (χ0) is 16.6.